The fraction of sp³-hybridized carbons (Fsp3) is 0.400. The summed E-state index contributed by atoms with van der Waals surface area (Å²) < 4.78 is 80.2. The minimum absolute atomic E-state index is 0.135. The fourth-order valence-corrected chi connectivity index (χ4v) is 5.09. The Labute approximate surface area is 188 Å². The summed E-state index contributed by atoms with van der Waals surface area (Å²) in [5, 5.41) is 11.7. The molecule has 0 aromatic heterocycles. The quantitative estimate of drug-likeness (QED) is 0.487. The first kappa shape index (κ1) is 24.6. The highest BCUT2D eigenvalue weighted by molar-refractivity contribution is 7.89. The topological polar surface area (TPSA) is 81.7 Å². The van der Waals surface area contributed by atoms with Gasteiger partial charge in [0.2, 0.25) is 10.0 Å². The van der Waals surface area contributed by atoms with E-state index in [0.717, 1.165) is 12.1 Å². The summed E-state index contributed by atoms with van der Waals surface area (Å²) in [5.41, 5.74) is -0.0613. The van der Waals surface area contributed by atoms with Crippen LogP contribution in [0.15, 0.2) is 47.4 Å². The number of halogens is 5. The summed E-state index contributed by atoms with van der Waals surface area (Å²) in [7, 11) is -4.04. The fourth-order valence-electron chi connectivity index (χ4n) is 3.38. The van der Waals surface area contributed by atoms with Gasteiger partial charge in [-0.15, -0.1) is 0 Å². The second kappa shape index (κ2) is 9.82. The van der Waals surface area contributed by atoms with E-state index in [1.54, 1.807) is 4.90 Å². The van der Waals surface area contributed by atoms with Crippen LogP contribution in [-0.2, 0) is 16.2 Å². The molecule has 2 atom stereocenters. The van der Waals surface area contributed by atoms with Crippen molar-refractivity contribution in [3.05, 3.63) is 53.1 Å². The van der Waals surface area contributed by atoms with Gasteiger partial charge < -0.3 is 15.3 Å². The molecule has 1 heterocycles. The molecule has 32 heavy (non-hydrogen) atoms. The summed E-state index contributed by atoms with van der Waals surface area (Å²) in [6.45, 7) is -0.265. The normalized spacial score (nSPS) is 18.1. The molecule has 0 radical (unpaired) electrons. The first-order chi connectivity index (χ1) is 15.0. The molecule has 176 valence electrons. The smallest absolute Gasteiger partial charge is 0.393 e. The number of hydrogen-bond acceptors (Lipinski definition) is 5. The monoisotopic (exact) mass is 495 g/mol. The molecule has 6 nitrogen and oxygen atoms in total. The zero-order chi connectivity index (χ0) is 23.5. The Morgan fingerprint density at radius 2 is 1.88 bits per heavy atom. The standard InChI is InChI=1S/C20H22ClF4N3O3S/c21-14-3-6-18(26-10-15(22)12-29)19(9-14)32(30,31)27-16-7-8-28(11-16)17-4-1-13(2-5-17)20(23,24)25/h1-6,9,15-16,26-27,29H,7-8,10-12H2/t15-,16?/m0/s1. The Bertz CT molecular complexity index is 1040. The van der Waals surface area contributed by atoms with Crippen LogP contribution in [0.25, 0.3) is 0 Å². The van der Waals surface area contributed by atoms with Crippen molar-refractivity contribution >= 4 is 33.0 Å². The van der Waals surface area contributed by atoms with E-state index < -0.39 is 40.6 Å². The lowest BCUT2D eigenvalue weighted by Gasteiger charge is -2.20. The molecule has 1 fully saturated rings. The molecule has 2 aromatic carbocycles. The number of nitrogens with zero attached hydrogens (tertiary/aromatic N) is 1. The third-order valence-corrected chi connectivity index (χ3v) is 6.81. The van der Waals surface area contributed by atoms with Crippen molar-refractivity contribution in [1.29, 1.82) is 0 Å². The maximum Gasteiger partial charge on any atom is 0.416 e. The minimum atomic E-state index is -4.43. The average Bonchev–Trinajstić information content (AvgIpc) is 3.19. The highest BCUT2D eigenvalue weighted by Crippen LogP contribution is 2.32. The first-order valence-corrected chi connectivity index (χ1v) is 11.6. The molecule has 1 saturated heterocycles. The number of rotatable bonds is 8. The lowest BCUT2D eigenvalue weighted by molar-refractivity contribution is -0.137. The molecule has 1 unspecified atom stereocenters. The third kappa shape index (κ3) is 6.03. The van der Waals surface area contributed by atoms with Crippen LogP contribution in [0, 0.1) is 0 Å². The lowest BCUT2D eigenvalue weighted by Crippen LogP contribution is -2.37. The van der Waals surface area contributed by atoms with E-state index in [9.17, 15) is 26.0 Å². The van der Waals surface area contributed by atoms with Gasteiger partial charge in [0.15, 0.2) is 0 Å². The number of hydrogen-bond donors (Lipinski definition) is 3. The van der Waals surface area contributed by atoms with Crippen LogP contribution in [0.1, 0.15) is 12.0 Å². The number of aliphatic hydroxyl groups excluding tert-OH is 1. The Morgan fingerprint density at radius 3 is 2.50 bits per heavy atom. The summed E-state index contributed by atoms with van der Waals surface area (Å²) >= 11 is 5.96. The number of benzene rings is 2. The van der Waals surface area contributed by atoms with E-state index in [1.807, 2.05) is 0 Å². The SMILES string of the molecule is O=S(=O)(NC1CCN(c2ccc(C(F)(F)F)cc2)C1)c1cc(Cl)ccc1NC[C@H](F)CO. The number of alkyl halides is 4. The first-order valence-electron chi connectivity index (χ1n) is 9.72. The second-order valence-corrected chi connectivity index (χ2v) is 9.52. The van der Waals surface area contributed by atoms with Crippen molar-refractivity contribution in [2.45, 2.75) is 29.7 Å². The van der Waals surface area contributed by atoms with E-state index in [-0.39, 0.29) is 28.7 Å². The molecule has 0 saturated carbocycles. The van der Waals surface area contributed by atoms with Crippen LogP contribution in [-0.4, -0.2) is 52.0 Å². The van der Waals surface area contributed by atoms with Crippen LogP contribution in [0.5, 0.6) is 0 Å². The van der Waals surface area contributed by atoms with E-state index >= 15 is 0 Å². The van der Waals surface area contributed by atoms with Gasteiger partial charge in [-0.2, -0.15) is 13.2 Å². The Hall–Kier alpha value is -2.08. The minimum Gasteiger partial charge on any atom is -0.393 e. The number of nitrogens with one attached hydrogen (secondary N) is 2. The highest BCUT2D eigenvalue weighted by atomic mass is 35.5. The molecule has 1 aliphatic heterocycles. The number of aliphatic hydroxyl groups is 1. The van der Waals surface area contributed by atoms with Crippen molar-refractivity contribution in [3.8, 4) is 0 Å². The van der Waals surface area contributed by atoms with Gasteiger partial charge in [-0.05, 0) is 48.9 Å². The molecule has 0 aliphatic carbocycles. The Balaban J connectivity index is 1.70. The number of anilines is 2. The van der Waals surface area contributed by atoms with Gasteiger partial charge in [0.1, 0.15) is 11.1 Å². The molecule has 0 amide bonds. The molecule has 12 heteroatoms. The van der Waals surface area contributed by atoms with Crippen LogP contribution in [0.3, 0.4) is 0 Å². The predicted molar refractivity (Wildman–Crippen MR) is 114 cm³/mol. The largest absolute Gasteiger partial charge is 0.416 e. The van der Waals surface area contributed by atoms with Gasteiger partial charge in [0.25, 0.3) is 0 Å². The van der Waals surface area contributed by atoms with Crippen molar-refractivity contribution in [2.75, 3.05) is 36.5 Å². The van der Waals surface area contributed by atoms with Gasteiger partial charge in [0.05, 0.1) is 17.9 Å². The summed E-state index contributed by atoms with van der Waals surface area (Å²) in [5.74, 6) is 0. The van der Waals surface area contributed by atoms with Crippen LogP contribution in [0.4, 0.5) is 28.9 Å². The van der Waals surface area contributed by atoms with E-state index in [0.29, 0.717) is 18.7 Å². The Morgan fingerprint density at radius 1 is 1.19 bits per heavy atom. The second-order valence-electron chi connectivity index (χ2n) is 7.40. The van der Waals surface area contributed by atoms with E-state index in [1.165, 1.54) is 30.3 Å². The molecular formula is C20H22ClF4N3O3S. The average molecular weight is 496 g/mol. The summed E-state index contributed by atoms with van der Waals surface area (Å²) in [6.07, 6.45) is -5.55. The van der Waals surface area contributed by atoms with Crippen LogP contribution in [0.2, 0.25) is 5.02 Å². The molecular weight excluding hydrogens is 474 g/mol. The van der Waals surface area contributed by atoms with E-state index in [4.69, 9.17) is 16.7 Å². The molecule has 2 aromatic rings. The van der Waals surface area contributed by atoms with Crippen LogP contribution >= 0.6 is 11.6 Å². The molecule has 3 rings (SSSR count). The summed E-state index contributed by atoms with van der Waals surface area (Å²) in [6, 6.07) is 8.30. The van der Waals surface area contributed by atoms with Crippen molar-refractivity contribution < 1.29 is 31.1 Å². The zero-order valence-corrected chi connectivity index (χ0v) is 18.3. The number of sulfonamides is 1. The molecule has 1 aliphatic rings. The maximum atomic E-state index is 13.4. The predicted octanol–water partition coefficient (Wildman–Crippen LogP) is 3.66. The van der Waals surface area contributed by atoms with Crippen molar-refractivity contribution in [3.63, 3.8) is 0 Å². The zero-order valence-electron chi connectivity index (χ0n) is 16.7. The van der Waals surface area contributed by atoms with Gasteiger partial charge in [-0.1, -0.05) is 11.6 Å². The van der Waals surface area contributed by atoms with Crippen LogP contribution < -0.4 is 14.9 Å². The molecule has 0 bridgehead atoms. The van der Waals surface area contributed by atoms with E-state index in [2.05, 4.69) is 10.0 Å². The van der Waals surface area contributed by atoms with Gasteiger partial charge in [-0.3, -0.25) is 0 Å². The highest BCUT2D eigenvalue weighted by Gasteiger charge is 2.32. The molecule has 3 N–H and O–H groups in total. The van der Waals surface area contributed by atoms with Gasteiger partial charge in [0, 0.05) is 36.4 Å². The van der Waals surface area contributed by atoms with Gasteiger partial charge >= 0.3 is 6.18 Å². The van der Waals surface area contributed by atoms with Crippen molar-refractivity contribution in [2.24, 2.45) is 0 Å². The maximum absolute atomic E-state index is 13.4. The lowest BCUT2D eigenvalue weighted by atomic mass is 10.2. The van der Waals surface area contributed by atoms with Gasteiger partial charge in [-0.25, -0.2) is 17.5 Å². The van der Waals surface area contributed by atoms with Crippen molar-refractivity contribution in [1.82, 2.24) is 4.72 Å². The third-order valence-electron chi connectivity index (χ3n) is 5.02. The molecule has 0 spiro atoms. The summed E-state index contributed by atoms with van der Waals surface area (Å²) in [4.78, 5) is 1.63. The Kier molecular flexibility index (Phi) is 7.53.